The molecule has 19 heteroatoms. The molecule has 0 aliphatic heterocycles. The van der Waals surface area contributed by atoms with E-state index in [1.165, 1.54) is 173 Å². The quantitative estimate of drug-likeness (QED) is 0.0222. The molecule has 0 aliphatic rings. The van der Waals surface area contributed by atoms with Crippen LogP contribution in [0.15, 0.2) is 0 Å². The molecular formula is C70H136O17P2. The van der Waals surface area contributed by atoms with Gasteiger partial charge in [0, 0.05) is 25.7 Å². The molecule has 0 spiro atoms. The van der Waals surface area contributed by atoms with E-state index >= 15 is 0 Å². The van der Waals surface area contributed by atoms with Gasteiger partial charge in [0.1, 0.15) is 19.3 Å². The maximum Gasteiger partial charge on any atom is 0.472 e. The van der Waals surface area contributed by atoms with Gasteiger partial charge in [-0.1, -0.05) is 305 Å². The third-order valence-electron chi connectivity index (χ3n) is 16.6. The second-order valence-electron chi connectivity index (χ2n) is 26.0. The molecule has 0 aromatic rings. The lowest BCUT2D eigenvalue weighted by Crippen LogP contribution is -2.30. The number of unbranched alkanes of at least 4 members (excludes halogenated alkanes) is 38. The van der Waals surface area contributed by atoms with E-state index in [-0.39, 0.29) is 25.7 Å². The van der Waals surface area contributed by atoms with Gasteiger partial charge in [0.25, 0.3) is 0 Å². The summed E-state index contributed by atoms with van der Waals surface area (Å²) in [5.41, 5.74) is 0. The summed E-state index contributed by atoms with van der Waals surface area (Å²) in [6.07, 6.45) is 47.3. The molecule has 6 atom stereocenters. The number of carbonyl (C=O) groups is 4. The third kappa shape index (κ3) is 63.2. The van der Waals surface area contributed by atoms with E-state index < -0.39 is 97.5 Å². The summed E-state index contributed by atoms with van der Waals surface area (Å²) in [6, 6.07) is 0. The number of phosphoric ester groups is 2. The Morgan fingerprint density at radius 2 is 0.573 bits per heavy atom. The van der Waals surface area contributed by atoms with E-state index in [1.807, 2.05) is 0 Å². The molecule has 0 aliphatic carbocycles. The van der Waals surface area contributed by atoms with Crippen molar-refractivity contribution in [2.75, 3.05) is 39.6 Å². The minimum atomic E-state index is -4.95. The molecule has 0 rings (SSSR count). The summed E-state index contributed by atoms with van der Waals surface area (Å²) in [6.45, 7) is 9.46. The maximum atomic E-state index is 13.0. The fourth-order valence-corrected chi connectivity index (χ4v) is 12.1. The highest BCUT2D eigenvalue weighted by atomic mass is 31.2. The van der Waals surface area contributed by atoms with Gasteiger partial charge in [-0.15, -0.1) is 0 Å². The topological polar surface area (TPSA) is 237 Å². The van der Waals surface area contributed by atoms with Crippen LogP contribution in [0.3, 0.4) is 0 Å². The number of aliphatic hydroxyl groups excluding tert-OH is 1. The Hall–Kier alpha value is -1.94. The van der Waals surface area contributed by atoms with Gasteiger partial charge in [-0.05, 0) is 37.5 Å². The highest BCUT2D eigenvalue weighted by molar-refractivity contribution is 7.47. The molecule has 0 saturated carbocycles. The lowest BCUT2D eigenvalue weighted by atomic mass is 10.00. The summed E-state index contributed by atoms with van der Waals surface area (Å²) in [7, 11) is -9.90. The molecule has 3 unspecified atom stereocenters. The summed E-state index contributed by atoms with van der Waals surface area (Å²) in [4.78, 5) is 72.5. The molecule has 0 heterocycles. The second-order valence-corrected chi connectivity index (χ2v) is 28.9. The number of hydrogen-bond donors (Lipinski definition) is 3. The van der Waals surface area contributed by atoms with Crippen molar-refractivity contribution in [1.82, 2.24) is 0 Å². The molecule has 528 valence electrons. The molecule has 0 saturated heterocycles. The average molecular weight is 1310 g/mol. The first-order valence-electron chi connectivity index (χ1n) is 36.5. The number of aliphatic hydroxyl groups is 1. The first-order valence-corrected chi connectivity index (χ1v) is 39.5. The second kappa shape index (κ2) is 62.2. The normalized spacial score (nSPS) is 14.4. The zero-order valence-corrected chi connectivity index (χ0v) is 59.5. The van der Waals surface area contributed by atoms with Crippen molar-refractivity contribution in [3.05, 3.63) is 0 Å². The SMILES string of the molecule is CCCCCCCCCCCCCCCCCCCCC(=O)O[C@H](COC(=O)CCCCCCCCCCC(C)C)COP(=O)(O)OC[C@@H](O)COP(=O)(O)OC[C@@H](COC(=O)CCCCCCCCCCCC)OC(=O)CCCCCCCCC(C)CC. The fourth-order valence-electron chi connectivity index (χ4n) is 10.6. The first kappa shape index (κ1) is 87.1. The standard InChI is InChI=1S/C70H136O17P2/c1-7-10-12-14-16-18-20-21-22-23-24-25-26-27-29-35-42-48-54-69(74)86-65(58-81-68(73)53-47-41-34-31-30-32-38-44-50-62(4)5)60-84-88(76,77)82-56-64(71)57-83-89(78,79)85-61-66(87-70(75)55-49-43-37-36-39-45-51-63(6)9-3)59-80-67(72)52-46-40-33-28-19-17-15-13-11-8-2/h62-66,71H,7-61H2,1-6H3,(H,76,77)(H,78,79)/t63?,64-,65-,66-/m1/s1. The lowest BCUT2D eigenvalue weighted by molar-refractivity contribution is -0.161. The number of rotatable bonds is 69. The van der Waals surface area contributed by atoms with Gasteiger partial charge in [0.2, 0.25) is 0 Å². The summed E-state index contributed by atoms with van der Waals surface area (Å²) in [5, 5.41) is 10.6. The Balaban J connectivity index is 5.21. The van der Waals surface area contributed by atoms with Gasteiger partial charge >= 0.3 is 39.5 Å². The molecule has 0 amide bonds. The lowest BCUT2D eigenvalue weighted by Gasteiger charge is -2.21. The van der Waals surface area contributed by atoms with Gasteiger partial charge in [-0.25, -0.2) is 9.13 Å². The predicted octanol–water partition coefficient (Wildman–Crippen LogP) is 20.0. The van der Waals surface area contributed by atoms with Crippen LogP contribution in [0.5, 0.6) is 0 Å². The van der Waals surface area contributed by atoms with Crippen LogP contribution < -0.4 is 0 Å². The number of ether oxygens (including phenoxy) is 4. The number of hydrogen-bond acceptors (Lipinski definition) is 15. The molecule has 0 aromatic carbocycles. The Morgan fingerprint density at radius 3 is 0.854 bits per heavy atom. The van der Waals surface area contributed by atoms with E-state index in [2.05, 4.69) is 41.5 Å². The predicted molar refractivity (Wildman–Crippen MR) is 358 cm³/mol. The van der Waals surface area contributed by atoms with Crippen LogP contribution in [-0.4, -0.2) is 96.7 Å². The molecule has 0 bridgehead atoms. The zero-order valence-electron chi connectivity index (χ0n) is 57.7. The van der Waals surface area contributed by atoms with Crippen LogP contribution in [0.1, 0.15) is 356 Å². The Labute approximate surface area is 543 Å². The van der Waals surface area contributed by atoms with Crippen LogP contribution in [0, 0.1) is 11.8 Å². The Bertz CT molecular complexity index is 1740. The van der Waals surface area contributed by atoms with Gasteiger partial charge in [-0.3, -0.25) is 37.3 Å². The minimum absolute atomic E-state index is 0.103. The van der Waals surface area contributed by atoms with Crippen LogP contribution in [-0.2, 0) is 65.4 Å². The van der Waals surface area contributed by atoms with Crippen LogP contribution in [0.25, 0.3) is 0 Å². The van der Waals surface area contributed by atoms with Crippen LogP contribution in [0.4, 0.5) is 0 Å². The minimum Gasteiger partial charge on any atom is -0.462 e. The molecule has 17 nitrogen and oxygen atoms in total. The van der Waals surface area contributed by atoms with Crippen molar-refractivity contribution in [3.63, 3.8) is 0 Å². The van der Waals surface area contributed by atoms with Crippen molar-refractivity contribution in [2.24, 2.45) is 11.8 Å². The molecule has 0 fully saturated rings. The molecular weight excluding hydrogens is 1170 g/mol. The van der Waals surface area contributed by atoms with Crippen LogP contribution in [0.2, 0.25) is 0 Å². The summed E-state index contributed by atoms with van der Waals surface area (Å²) < 4.78 is 68.2. The smallest absolute Gasteiger partial charge is 0.462 e. The zero-order chi connectivity index (χ0) is 65.7. The highest BCUT2D eigenvalue weighted by Crippen LogP contribution is 2.45. The summed E-state index contributed by atoms with van der Waals surface area (Å²) >= 11 is 0. The molecule has 0 radical (unpaired) electrons. The average Bonchev–Trinajstić information content (AvgIpc) is 3.72. The molecule has 0 aromatic heterocycles. The van der Waals surface area contributed by atoms with E-state index in [1.54, 1.807) is 0 Å². The molecule has 89 heavy (non-hydrogen) atoms. The van der Waals surface area contributed by atoms with Crippen molar-refractivity contribution in [1.29, 1.82) is 0 Å². The van der Waals surface area contributed by atoms with E-state index in [4.69, 9.17) is 37.0 Å². The van der Waals surface area contributed by atoms with Crippen molar-refractivity contribution >= 4 is 39.5 Å². The van der Waals surface area contributed by atoms with E-state index in [9.17, 15) is 43.2 Å². The van der Waals surface area contributed by atoms with Crippen LogP contribution >= 0.6 is 15.6 Å². The van der Waals surface area contributed by atoms with Crippen molar-refractivity contribution in [3.8, 4) is 0 Å². The monoisotopic (exact) mass is 1310 g/mol. The Morgan fingerprint density at radius 1 is 0.326 bits per heavy atom. The highest BCUT2D eigenvalue weighted by Gasteiger charge is 2.30. The number of esters is 4. The Kier molecular flexibility index (Phi) is 60.8. The van der Waals surface area contributed by atoms with Gasteiger partial charge < -0.3 is 33.8 Å². The number of carbonyl (C=O) groups excluding carboxylic acids is 4. The third-order valence-corrected chi connectivity index (χ3v) is 18.5. The maximum absolute atomic E-state index is 13.0. The van der Waals surface area contributed by atoms with E-state index in [0.29, 0.717) is 25.7 Å². The number of phosphoric acid groups is 2. The largest absolute Gasteiger partial charge is 0.472 e. The van der Waals surface area contributed by atoms with Crippen molar-refractivity contribution < 1.29 is 80.2 Å². The van der Waals surface area contributed by atoms with E-state index in [0.717, 1.165) is 102 Å². The first-order chi connectivity index (χ1) is 42.9. The molecule has 3 N–H and O–H groups in total. The van der Waals surface area contributed by atoms with Gasteiger partial charge in [0.15, 0.2) is 12.2 Å². The van der Waals surface area contributed by atoms with Crippen molar-refractivity contribution in [2.45, 2.75) is 374 Å². The van der Waals surface area contributed by atoms with Gasteiger partial charge in [-0.2, -0.15) is 0 Å². The summed E-state index contributed by atoms with van der Waals surface area (Å²) in [5.74, 6) is -0.681. The fraction of sp³-hybridized carbons (Fsp3) is 0.943. The van der Waals surface area contributed by atoms with Gasteiger partial charge in [0.05, 0.1) is 26.4 Å².